The molecule has 1 amide bonds. The summed E-state index contributed by atoms with van der Waals surface area (Å²) in [6.07, 6.45) is 1.34. The van der Waals surface area contributed by atoms with Crippen molar-refractivity contribution < 1.29 is 18.0 Å². The van der Waals surface area contributed by atoms with Gasteiger partial charge < -0.3 is 0 Å². The molecular weight excluding hydrogens is 300 g/mol. The lowest BCUT2D eigenvalue weighted by atomic mass is 9.99. The Morgan fingerprint density at radius 1 is 1.50 bits per heavy atom. The maximum Gasteiger partial charge on any atom is 0.252 e. The van der Waals surface area contributed by atoms with Crippen LogP contribution in [0.4, 0.5) is 0 Å². The second kappa shape index (κ2) is 6.21. The molecular formula is C12H18N2O4S2. The quantitative estimate of drug-likeness (QED) is 0.845. The molecule has 2 heterocycles. The monoisotopic (exact) mass is 318 g/mol. The van der Waals surface area contributed by atoms with E-state index in [0.717, 1.165) is 4.88 Å². The Balaban J connectivity index is 2.14. The summed E-state index contributed by atoms with van der Waals surface area (Å²) in [5.41, 5.74) is 2.27. The molecule has 1 fully saturated rings. The Morgan fingerprint density at radius 3 is 2.85 bits per heavy atom. The van der Waals surface area contributed by atoms with Gasteiger partial charge in [0, 0.05) is 18.0 Å². The standard InChI is InChI=1S/C12H18N2O4S2/c1-9-5-6-11(19-9)20(16,17)14-7-3-4-10(8-14)12(15)13-18-2/h5-6,10H,3-4,7-8H2,1-2H3,(H,13,15)/t10-/m1/s1. The second-order valence-corrected chi connectivity index (χ2v) is 8.19. The van der Waals surface area contributed by atoms with Crippen LogP contribution in [-0.2, 0) is 19.7 Å². The topological polar surface area (TPSA) is 75.7 Å². The molecule has 1 N–H and O–H groups in total. The molecule has 0 aromatic carbocycles. The first-order chi connectivity index (χ1) is 9.45. The van der Waals surface area contributed by atoms with E-state index in [9.17, 15) is 13.2 Å². The largest absolute Gasteiger partial charge is 0.277 e. The van der Waals surface area contributed by atoms with Gasteiger partial charge in [-0.25, -0.2) is 13.9 Å². The van der Waals surface area contributed by atoms with Crippen LogP contribution in [0.2, 0.25) is 0 Å². The molecule has 6 nitrogen and oxygen atoms in total. The van der Waals surface area contributed by atoms with Gasteiger partial charge in [-0.3, -0.25) is 9.63 Å². The molecule has 1 aliphatic rings. The fourth-order valence-electron chi connectivity index (χ4n) is 2.24. The van der Waals surface area contributed by atoms with Crippen LogP contribution in [0.1, 0.15) is 17.7 Å². The summed E-state index contributed by atoms with van der Waals surface area (Å²) in [5, 5.41) is 0. The van der Waals surface area contributed by atoms with Gasteiger partial charge in [-0.05, 0) is 31.9 Å². The number of thiophene rings is 1. The molecule has 20 heavy (non-hydrogen) atoms. The van der Waals surface area contributed by atoms with Crippen molar-refractivity contribution in [1.82, 2.24) is 9.79 Å². The molecule has 2 rings (SSSR count). The lowest BCUT2D eigenvalue weighted by Crippen LogP contribution is -2.45. The number of nitrogens with zero attached hydrogens (tertiary/aromatic N) is 1. The third-order valence-corrected chi connectivity index (χ3v) is 6.60. The number of carbonyl (C=O) groups is 1. The summed E-state index contributed by atoms with van der Waals surface area (Å²) >= 11 is 1.25. The molecule has 1 aromatic heterocycles. The number of amides is 1. The number of hydrogen-bond acceptors (Lipinski definition) is 5. The van der Waals surface area contributed by atoms with E-state index in [1.165, 1.54) is 22.8 Å². The molecule has 0 unspecified atom stereocenters. The molecule has 8 heteroatoms. The number of sulfonamides is 1. The SMILES string of the molecule is CONC(=O)[C@@H]1CCCN(S(=O)(=O)c2ccc(C)s2)C1. The molecule has 0 spiro atoms. The second-order valence-electron chi connectivity index (χ2n) is 4.74. The molecule has 0 bridgehead atoms. The molecule has 1 aliphatic heterocycles. The van der Waals surface area contributed by atoms with Gasteiger partial charge in [0.1, 0.15) is 4.21 Å². The minimum absolute atomic E-state index is 0.203. The number of hydrogen-bond donors (Lipinski definition) is 1. The molecule has 0 aliphatic carbocycles. The predicted octanol–water partition coefficient (Wildman–Crippen LogP) is 1.13. The van der Waals surface area contributed by atoms with Gasteiger partial charge in [0.05, 0.1) is 13.0 Å². The van der Waals surface area contributed by atoms with Gasteiger partial charge in [-0.2, -0.15) is 4.31 Å². The summed E-state index contributed by atoms with van der Waals surface area (Å²) in [6.45, 7) is 2.53. The van der Waals surface area contributed by atoms with Crippen molar-refractivity contribution in [2.24, 2.45) is 5.92 Å². The first kappa shape index (κ1) is 15.4. The number of aryl methyl sites for hydroxylation is 1. The first-order valence-corrected chi connectivity index (χ1v) is 8.60. The highest BCUT2D eigenvalue weighted by molar-refractivity contribution is 7.91. The Hall–Kier alpha value is -0.960. The van der Waals surface area contributed by atoms with Crippen LogP contribution in [0.15, 0.2) is 16.3 Å². The summed E-state index contributed by atoms with van der Waals surface area (Å²) in [6, 6.07) is 3.41. The van der Waals surface area contributed by atoms with Crippen molar-refractivity contribution in [3.05, 3.63) is 17.0 Å². The normalized spacial score (nSPS) is 20.8. The number of carbonyl (C=O) groups excluding carboxylic acids is 1. The summed E-state index contributed by atoms with van der Waals surface area (Å²) in [4.78, 5) is 17.3. The zero-order chi connectivity index (χ0) is 14.8. The van der Waals surface area contributed by atoms with Crippen molar-refractivity contribution >= 4 is 27.3 Å². The third-order valence-electron chi connectivity index (χ3n) is 3.27. The minimum atomic E-state index is -3.49. The van der Waals surface area contributed by atoms with E-state index in [0.29, 0.717) is 23.6 Å². The average molecular weight is 318 g/mol. The number of rotatable bonds is 4. The zero-order valence-corrected chi connectivity index (χ0v) is 13.1. The van der Waals surface area contributed by atoms with E-state index in [2.05, 4.69) is 10.3 Å². The third kappa shape index (κ3) is 3.20. The number of hydroxylamine groups is 1. The fraction of sp³-hybridized carbons (Fsp3) is 0.583. The van der Waals surface area contributed by atoms with Gasteiger partial charge in [0.2, 0.25) is 5.91 Å². The molecule has 112 valence electrons. The van der Waals surface area contributed by atoms with E-state index < -0.39 is 10.0 Å². The van der Waals surface area contributed by atoms with Crippen LogP contribution in [0, 0.1) is 12.8 Å². The van der Waals surface area contributed by atoms with Gasteiger partial charge in [0.15, 0.2) is 0 Å². The molecule has 0 saturated carbocycles. The minimum Gasteiger partial charge on any atom is -0.277 e. The number of piperidine rings is 1. The van der Waals surface area contributed by atoms with Crippen LogP contribution >= 0.6 is 11.3 Å². The highest BCUT2D eigenvalue weighted by Crippen LogP contribution is 2.28. The Morgan fingerprint density at radius 2 is 2.25 bits per heavy atom. The highest BCUT2D eigenvalue weighted by Gasteiger charge is 2.33. The van der Waals surface area contributed by atoms with E-state index >= 15 is 0 Å². The number of nitrogens with one attached hydrogen (secondary N) is 1. The summed E-state index contributed by atoms with van der Waals surface area (Å²) in [5.74, 6) is -0.630. The highest BCUT2D eigenvalue weighted by atomic mass is 32.2. The van der Waals surface area contributed by atoms with Crippen LogP contribution in [0.5, 0.6) is 0 Å². The molecule has 1 aromatic rings. The lowest BCUT2D eigenvalue weighted by Gasteiger charge is -2.30. The first-order valence-electron chi connectivity index (χ1n) is 6.34. The smallest absolute Gasteiger partial charge is 0.252 e. The maximum absolute atomic E-state index is 12.5. The Kier molecular flexibility index (Phi) is 4.79. The van der Waals surface area contributed by atoms with Crippen LogP contribution < -0.4 is 5.48 Å². The average Bonchev–Trinajstić information content (AvgIpc) is 2.86. The van der Waals surface area contributed by atoms with Gasteiger partial charge in [-0.1, -0.05) is 0 Å². The van der Waals surface area contributed by atoms with Crippen LogP contribution in [0.25, 0.3) is 0 Å². The molecule has 1 atom stereocenters. The van der Waals surface area contributed by atoms with Crippen molar-refractivity contribution in [2.75, 3.05) is 20.2 Å². The predicted molar refractivity (Wildman–Crippen MR) is 75.7 cm³/mol. The summed E-state index contributed by atoms with van der Waals surface area (Å²) in [7, 11) is -2.13. The maximum atomic E-state index is 12.5. The summed E-state index contributed by atoms with van der Waals surface area (Å²) < 4.78 is 26.7. The van der Waals surface area contributed by atoms with Crippen molar-refractivity contribution in [1.29, 1.82) is 0 Å². The zero-order valence-electron chi connectivity index (χ0n) is 11.5. The van der Waals surface area contributed by atoms with Gasteiger partial charge >= 0.3 is 0 Å². The van der Waals surface area contributed by atoms with Crippen molar-refractivity contribution in [3.8, 4) is 0 Å². The lowest BCUT2D eigenvalue weighted by molar-refractivity contribution is -0.136. The van der Waals surface area contributed by atoms with E-state index in [4.69, 9.17) is 0 Å². The van der Waals surface area contributed by atoms with Crippen molar-refractivity contribution in [2.45, 2.75) is 24.0 Å². The Labute approximate surface area is 122 Å². The van der Waals surface area contributed by atoms with E-state index in [1.807, 2.05) is 6.92 Å². The fourth-order valence-corrected chi connectivity index (χ4v) is 5.20. The Bertz CT molecular complexity index is 582. The van der Waals surface area contributed by atoms with E-state index in [-0.39, 0.29) is 18.4 Å². The van der Waals surface area contributed by atoms with Crippen LogP contribution in [-0.4, -0.2) is 38.8 Å². The molecule has 0 radical (unpaired) electrons. The van der Waals surface area contributed by atoms with Gasteiger partial charge in [0.25, 0.3) is 10.0 Å². The van der Waals surface area contributed by atoms with Crippen LogP contribution in [0.3, 0.4) is 0 Å². The van der Waals surface area contributed by atoms with Gasteiger partial charge in [-0.15, -0.1) is 11.3 Å². The van der Waals surface area contributed by atoms with E-state index in [1.54, 1.807) is 12.1 Å². The molecule has 1 saturated heterocycles. The van der Waals surface area contributed by atoms with Crippen molar-refractivity contribution in [3.63, 3.8) is 0 Å².